The number of carbonyl (C=O) groups excluding carboxylic acids is 1. The van der Waals surface area contributed by atoms with Crippen LogP contribution in [-0.2, 0) is 6.42 Å². The van der Waals surface area contributed by atoms with E-state index >= 15 is 0 Å². The van der Waals surface area contributed by atoms with Gasteiger partial charge >= 0.3 is 0 Å². The highest BCUT2D eigenvalue weighted by Crippen LogP contribution is 2.26. The molecule has 1 heterocycles. The number of imidazole rings is 1. The van der Waals surface area contributed by atoms with Crippen molar-refractivity contribution in [3.05, 3.63) is 100 Å². The molecule has 1 amide bonds. The summed E-state index contributed by atoms with van der Waals surface area (Å²) in [6, 6.07) is 26.4. The van der Waals surface area contributed by atoms with Gasteiger partial charge in [-0.05, 0) is 49.2 Å². The number of hydrogen-bond donors (Lipinski definition) is 1. The van der Waals surface area contributed by atoms with E-state index in [1.807, 2.05) is 36.4 Å². The molecular weight excluding hydrogens is 438 g/mol. The fourth-order valence-corrected chi connectivity index (χ4v) is 4.16. The van der Waals surface area contributed by atoms with Gasteiger partial charge in [-0.2, -0.15) is 0 Å². The zero-order chi connectivity index (χ0) is 20.9. The Hall–Kier alpha value is -2.92. The summed E-state index contributed by atoms with van der Waals surface area (Å²) < 4.78 is 3.22. The van der Waals surface area contributed by atoms with Crippen LogP contribution in [0.3, 0.4) is 0 Å². The van der Waals surface area contributed by atoms with Gasteiger partial charge in [-0.1, -0.05) is 64.5 Å². The number of para-hydroxylation sites is 2. The quantitative estimate of drug-likeness (QED) is 0.355. The van der Waals surface area contributed by atoms with Crippen molar-refractivity contribution in [2.45, 2.75) is 25.8 Å². The van der Waals surface area contributed by atoms with E-state index in [-0.39, 0.29) is 11.9 Å². The topological polar surface area (TPSA) is 46.9 Å². The third-order valence-electron chi connectivity index (χ3n) is 5.29. The molecule has 0 bridgehead atoms. The van der Waals surface area contributed by atoms with E-state index in [1.165, 1.54) is 5.56 Å². The Morgan fingerprint density at radius 2 is 1.80 bits per heavy atom. The summed E-state index contributed by atoms with van der Waals surface area (Å²) in [7, 11) is 0. The van der Waals surface area contributed by atoms with Crippen LogP contribution in [0.4, 0.5) is 0 Å². The van der Waals surface area contributed by atoms with Gasteiger partial charge in [0.2, 0.25) is 0 Å². The molecule has 4 aromatic rings. The largest absolute Gasteiger partial charge is 0.352 e. The van der Waals surface area contributed by atoms with E-state index in [2.05, 4.69) is 75.2 Å². The molecule has 4 nitrogen and oxygen atoms in total. The molecule has 4 rings (SSSR count). The first-order chi connectivity index (χ1) is 14.6. The highest BCUT2D eigenvalue weighted by atomic mass is 79.9. The normalized spacial score (nSPS) is 12.1. The number of nitrogens with zero attached hydrogens (tertiary/aromatic N) is 2. The number of aromatic nitrogens is 2. The van der Waals surface area contributed by atoms with Gasteiger partial charge < -0.3 is 9.88 Å². The molecule has 0 radical (unpaired) electrons. The van der Waals surface area contributed by atoms with Gasteiger partial charge in [0.15, 0.2) is 0 Å². The average molecular weight is 462 g/mol. The van der Waals surface area contributed by atoms with Crippen molar-refractivity contribution in [1.29, 1.82) is 0 Å². The van der Waals surface area contributed by atoms with Gasteiger partial charge in [0, 0.05) is 23.0 Å². The molecule has 30 heavy (non-hydrogen) atoms. The number of amides is 1. The molecule has 5 heteroatoms. The number of carbonyl (C=O) groups is 1. The standard InChI is InChI=1S/C25H24BrN3O/c1-18(19-9-3-2-4-10-19)29-23-14-6-5-13-22(23)28-24(29)15-8-16-27-25(30)20-11-7-12-21(26)17-20/h2-7,9-14,17-18H,8,15-16H2,1H3,(H,27,30). The SMILES string of the molecule is CC(c1ccccc1)n1c(CCCNC(=O)c2cccc(Br)c2)nc2ccccc21. The number of nitrogens with one attached hydrogen (secondary N) is 1. The third kappa shape index (κ3) is 4.46. The van der Waals surface area contributed by atoms with Gasteiger partial charge in [0.25, 0.3) is 5.91 Å². The minimum atomic E-state index is -0.0533. The van der Waals surface area contributed by atoms with Crippen LogP contribution in [0.1, 0.15) is 41.1 Å². The van der Waals surface area contributed by atoms with Crippen LogP contribution in [0.25, 0.3) is 11.0 Å². The van der Waals surface area contributed by atoms with Crippen LogP contribution in [0.15, 0.2) is 83.3 Å². The average Bonchev–Trinajstić information content (AvgIpc) is 3.15. The lowest BCUT2D eigenvalue weighted by atomic mass is 10.1. The Morgan fingerprint density at radius 1 is 1.03 bits per heavy atom. The van der Waals surface area contributed by atoms with E-state index < -0.39 is 0 Å². The highest BCUT2D eigenvalue weighted by Gasteiger charge is 2.17. The maximum Gasteiger partial charge on any atom is 0.251 e. The van der Waals surface area contributed by atoms with E-state index in [4.69, 9.17) is 4.98 Å². The summed E-state index contributed by atoms with van der Waals surface area (Å²) in [5.41, 5.74) is 4.06. The second kappa shape index (κ2) is 9.26. The predicted octanol–water partition coefficient (Wildman–Crippen LogP) is 5.77. The van der Waals surface area contributed by atoms with Crippen LogP contribution in [0, 0.1) is 0 Å². The number of rotatable bonds is 7. The van der Waals surface area contributed by atoms with Crippen molar-refractivity contribution < 1.29 is 4.79 Å². The summed E-state index contributed by atoms with van der Waals surface area (Å²) in [5.74, 6) is 0.992. The van der Waals surface area contributed by atoms with E-state index in [0.717, 1.165) is 34.2 Å². The van der Waals surface area contributed by atoms with Gasteiger partial charge in [-0.15, -0.1) is 0 Å². The lowest BCUT2D eigenvalue weighted by Crippen LogP contribution is -2.25. The maximum absolute atomic E-state index is 12.4. The van der Waals surface area contributed by atoms with Crippen LogP contribution in [-0.4, -0.2) is 22.0 Å². The van der Waals surface area contributed by atoms with Gasteiger partial charge in [0.05, 0.1) is 17.1 Å². The zero-order valence-electron chi connectivity index (χ0n) is 16.9. The van der Waals surface area contributed by atoms with Crippen molar-refractivity contribution >= 4 is 32.9 Å². The highest BCUT2D eigenvalue weighted by molar-refractivity contribution is 9.10. The molecule has 0 saturated heterocycles. The van der Waals surface area contributed by atoms with Crippen LogP contribution in [0.5, 0.6) is 0 Å². The smallest absolute Gasteiger partial charge is 0.251 e. The minimum absolute atomic E-state index is 0.0533. The Bertz CT molecular complexity index is 1150. The minimum Gasteiger partial charge on any atom is -0.352 e. The summed E-state index contributed by atoms with van der Waals surface area (Å²) in [5, 5.41) is 3.01. The van der Waals surface area contributed by atoms with Crippen molar-refractivity contribution in [3.63, 3.8) is 0 Å². The molecule has 1 atom stereocenters. The molecule has 1 aromatic heterocycles. The number of fused-ring (bicyclic) bond motifs is 1. The predicted molar refractivity (Wildman–Crippen MR) is 125 cm³/mol. The number of benzene rings is 3. The molecule has 0 spiro atoms. The number of hydrogen-bond acceptors (Lipinski definition) is 2. The third-order valence-corrected chi connectivity index (χ3v) is 5.78. The van der Waals surface area contributed by atoms with E-state index in [0.29, 0.717) is 12.1 Å². The lowest BCUT2D eigenvalue weighted by Gasteiger charge is -2.18. The number of halogens is 1. The fourth-order valence-electron chi connectivity index (χ4n) is 3.76. The van der Waals surface area contributed by atoms with Crippen LogP contribution < -0.4 is 5.32 Å². The fraction of sp³-hybridized carbons (Fsp3) is 0.200. The zero-order valence-corrected chi connectivity index (χ0v) is 18.5. The van der Waals surface area contributed by atoms with Crippen molar-refractivity contribution in [1.82, 2.24) is 14.9 Å². The molecule has 3 aromatic carbocycles. The first-order valence-corrected chi connectivity index (χ1v) is 11.0. The van der Waals surface area contributed by atoms with Crippen LogP contribution >= 0.6 is 15.9 Å². The molecular formula is C25H24BrN3O. The second-order valence-corrected chi connectivity index (χ2v) is 8.26. The van der Waals surface area contributed by atoms with Crippen LogP contribution in [0.2, 0.25) is 0 Å². The lowest BCUT2D eigenvalue weighted by molar-refractivity contribution is 0.0953. The molecule has 0 saturated carbocycles. The van der Waals surface area contributed by atoms with Crippen molar-refractivity contribution in [2.24, 2.45) is 0 Å². The Morgan fingerprint density at radius 3 is 2.60 bits per heavy atom. The van der Waals surface area contributed by atoms with Crippen molar-refractivity contribution in [2.75, 3.05) is 6.54 Å². The maximum atomic E-state index is 12.4. The molecule has 152 valence electrons. The first kappa shape index (κ1) is 20.4. The summed E-state index contributed by atoms with van der Waals surface area (Å²) >= 11 is 3.41. The van der Waals surface area contributed by atoms with E-state index in [9.17, 15) is 4.79 Å². The van der Waals surface area contributed by atoms with Gasteiger partial charge in [-0.25, -0.2) is 4.98 Å². The van der Waals surface area contributed by atoms with Gasteiger partial charge in [-0.3, -0.25) is 4.79 Å². The van der Waals surface area contributed by atoms with E-state index in [1.54, 1.807) is 0 Å². The molecule has 0 aliphatic carbocycles. The molecule has 1 N–H and O–H groups in total. The Labute approximate surface area is 185 Å². The monoisotopic (exact) mass is 461 g/mol. The Balaban J connectivity index is 1.48. The molecule has 0 fully saturated rings. The summed E-state index contributed by atoms with van der Waals surface area (Å²) in [6.07, 6.45) is 1.62. The summed E-state index contributed by atoms with van der Waals surface area (Å²) in [6.45, 7) is 2.82. The number of aryl methyl sites for hydroxylation is 1. The summed E-state index contributed by atoms with van der Waals surface area (Å²) in [4.78, 5) is 17.2. The first-order valence-electron chi connectivity index (χ1n) is 10.2. The second-order valence-electron chi connectivity index (χ2n) is 7.34. The molecule has 1 unspecified atom stereocenters. The molecule has 0 aliphatic rings. The molecule has 0 aliphatic heterocycles. The van der Waals surface area contributed by atoms with Gasteiger partial charge in [0.1, 0.15) is 5.82 Å². The van der Waals surface area contributed by atoms with Crippen molar-refractivity contribution in [3.8, 4) is 0 Å². The Kier molecular flexibility index (Phi) is 6.29.